The molecule has 11 nitrogen and oxygen atoms in total. The number of hydrogen-bond donors (Lipinski definition) is 0. The van der Waals surface area contributed by atoms with Crippen LogP contribution >= 0.6 is 19.4 Å². The Bertz CT molecular complexity index is 995. The number of piperazine rings is 1. The van der Waals surface area contributed by atoms with Crippen LogP contribution in [0.25, 0.3) is 0 Å². The summed E-state index contributed by atoms with van der Waals surface area (Å²) in [7, 11) is -3.50. The maximum absolute atomic E-state index is 13.2. The van der Waals surface area contributed by atoms with E-state index < -0.39 is 32.2 Å². The molecule has 1 aliphatic heterocycles. The molecule has 0 saturated carbocycles. The molecule has 0 spiro atoms. The van der Waals surface area contributed by atoms with Gasteiger partial charge in [-0.3, -0.25) is 14.0 Å². The summed E-state index contributed by atoms with van der Waals surface area (Å²) in [5.41, 5.74) is 0.165. The highest BCUT2D eigenvalue weighted by molar-refractivity contribution is 8.00. The van der Waals surface area contributed by atoms with Gasteiger partial charge in [-0.25, -0.2) is 9.59 Å². The van der Waals surface area contributed by atoms with Crippen molar-refractivity contribution in [1.29, 1.82) is 0 Å². The summed E-state index contributed by atoms with van der Waals surface area (Å²) in [5, 5.41) is 0. The van der Waals surface area contributed by atoms with Crippen LogP contribution in [-0.4, -0.2) is 97.6 Å². The molecular weight excluding hydrogens is 557 g/mol. The molecule has 1 aliphatic rings. The van der Waals surface area contributed by atoms with Crippen molar-refractivity contribution in [3.8, 4) is 0 Å². The van der Waals surface area contributed by atoms with Crippen molar-refractivity contribution in [2.75, 3.05) is 58.2 Å². The number of thioether (sulfide) groups is 1. The first-order valence-electron chi connectivity index (χ1n) is 13.5. The van der Waals surface area contributed by atoms with E-state index in [-0.39, 0.29) is 19.0 Å². The molecule has 1 atom stereocenters. The SMILES string of the molecule is CCOP(=O)(CN1CCN(CC/C(CSc2ccccc2)=N\C(=O)OC(C)(C)C)CC1)OCOC(=O)OC(C)C. The molecule has 0 aliphatic carbocycles. The van der Waals surface area contributed by atoms with Gasteiger partial charge in [-0.2, -0.15) is 4.99 Å². The van der Waals surface area contributed by atoms with Crippen molar-refractivity contribution in [2.24, 2.45) is 4.99 Å². The summed E-state index contributed by atoms with van der Waals surface area (Å²) in [6, 6.07) is 9.99. The number of benzene rings is 1. The smallest absolute Gasteiger partial charge is 0.442 e. The van der Waals surface area contributed by atoms with E-state index in [2.05, 4.69) is 9.89 Å². The number of ether oxygens (including phenoxy) is 3. The van der Waals surface area contributed by atoms with Crippen molar-refractivity contribution in [3.05, 3.63) is 30.3 Å². The number of rotatable bonds is 14. The molecule has 13 heteroatoms. The maximum atomic E-state index is 13.2. The second-order valence-corrected chi connectivity index (χ2v) is 13.5. The van der Waals surface area contributed by atoms with Crippen LogP contribution in [0.15, 0.2) is 40.2 Å². The molecule has 226 valence electrons. The predicted molar refractivity (Wildman–Crippen MR) is 156 cm³/mol. The lowest BCUT2D eigenvalue weighted by Gasteiger charge is -2.35. The fraction of sp³-hybridized carbons (Fsp3) is 0.667. The zero-order chi connectivity index (χ0) is 29.6. The molecule has 40 heavy (non-hydrogen) atoms. The van der Waals surface area contributed by atoms with Crippen molar-refractivity contribution in [2.45, 2.75) is 64.6 Å². The molecule has 1 fully saturated rings. The Morgan fingerprint density at radius 2 is 1.70 bits per heavy atom. The average Bonchev–Trinajstić information content (AvgIpc) is 2.85. The van der Waals surface area contributed by atoms with Crippen molar-refractivity contribution in [1.82, 2.24) is 9.80 Å². The van der Waals surface area contributed by atoms with E-state index in [1.54, 1.807) is 32.5 Å². The Kier molecular flexibility index (Phi) is 14.7. The Labute approximate surface area is 242 Å². The van der Waals surface area contributed by atoms with Crippen LogP contribution < -0.4 is 0 Å². The van der Waals surface area contributed by atoms with Crippen LogP contribution in [0.1, 0.15) is 48.0 Å². The molecule has 1 unspecified atom stereocenters. The Morgan fingerprint density at radius 1 is 1.05 bits per heavy atom. The van der Waals surface area contributed by atoms with Gasteiger partial charge in [0.1, 0.15) is 11.9 Å². The van der Waals surface area contributed by atoms with E-state index >= 15 is 0 Å². The second kappa shape index (κ2) is 17.1. The minimum absolute atomic E-state index is 0.0936. The van der Waals surface area contributed by atoms with Gasteiger partial charge in [-0.1, -0.05) is 18.2 Å². The molecule has 0 radical (unpaired) electrons. The number of nitrogens with zero attached hydrogens (tertiary/aromatic N) is 3. The summed E-state index contributed by atoms with van der Waals surface area (Å²) in [5.74, 6) is 0.588. The third-order valence-corrected chi connectivity index (χ3v) is 8.41. The van der Waals surface area contributed by atoms with Crippen LogP contribution in [0.3, 0.4) is 0 Å². The Hall–Kier alpha value is -1.95. The van der Waals surface area contributed by atoms with Gasteiger partial charge in [0.15, 0.2) is 0 Å². The van der Waals surface area contributed by atoms with E-state index in [0.29, 0.717) is 25.3 Å². The Morgan fingerprint density at radius 3 is 2.30 bits per heavy atom. The lowest BCUT2D eigenvalue weighted by atomic mass is 10.2. The maximum Gasteiger partial charge on any atom is 0.510 e. The first-order valence-corrected chi connectivity index (χ1v) is 16.2. The summed E-state index contributed by atoms with van der Waals surface area (Å²) in [6.45, 7) is 13.8. The zero-order valence-corrected chi connectivity index (χ0v) is 26.2. The molecule has 1 saturated heterocycles. The largest absolute Gasteiger partial charge is 0.510 e. The van der Waals surface area contributed by atoms with Gasteiger partial charge in [0, 0.05) is 49.1 Å². The van der Waals surface area contributed by atoms with Gasteiger partial charge in [-0.15, -0.1) is 11.8 Å². The summed E-state index contributed by atoms with van der Waals surface area (Å²) >= 11 is 1.63. The minimum Gasteiger partial charge on any atom is -0.442 e. The molecule has 2 rings (SSSR count). The number of carbonyl (C=O) groups excluding carboxylic acids is 2. The van der Waals surface area contributed by atoms with Gasteiger partial charge in [0.2, 0.25) is 6.79 Å². The molecule has 0 aromatic heterocycles. The van der Waals surface area contributed by atoms with E-state index in [1.807, 2.05) is 56.0 Å². The third kappa shape index (κ3) is 14.6. The summed E-state index contributed by atoms with van der Waals surface area (Å²) < 4.78 is 39.1. The summed E-state index contributed by atoms with van der Waals surface area (Å²) in [6.07, 6.45) is -1.07. The zero-order valence-electron chi connectivity index (χ0n) is 24.5. The fourth-order valence-corrected chi connectivity index (χ4v) is 6.15. The molecule has 0 bridgehead atoms. The number of carbonyl (C=O) groups is 2. The van der Waals surface area contributed by atoms with Crippen LogP contribution in [0.2, 0.25) is 0 Å². The molecule has 1 heterocycles. The van der Waals surface area contributed by atoms with E-state index in [4.69, 9.17) is 23.3 Å². The minimum atomic E-state index is -3.50. The molecule has 1 aromatic rings. The van der Waals surface area contributed by atoms with Gasteiger partial charge in [0.25, 0.3) is 0 Å². The number of amides is 1. The van der Waals surface area contributed by atoms with Crippen LogP contribution in [0.4, 0.5) is 9.59 Å². The average molecular weight is 602 g/mol. The monoisotopic (exact) mass is 601 g/mol. The third-order valence-electron chi connectivity index (χ3n) is 5.43. The highest BCUT2D eigenvalue weighted by Crippen LogP contribution is 2.48. The van der Waals surface area contributed by atoms with E-state index in [0.717, 1.165) is 30.2 Å². The van der Waals surface area contributed by atoms with Crippen molar-refractivity contribution >= 4 is 37.3 Å². The number of aliphatic imine (C=N–C) groups is 1. The fourth-order valence-electron chi connectivity index (χ4n) is 3.64. The lowest BCUT2D eigenvalue weighted by Crippen LogP contribution is -2.47. The summed E-state index contributed by atoms with van der Waals surface area (Å²) in [4.78, 5) is 33.6. The molecule has 1 aromatic carbocycles. The van der Waals surface area contributed by atoms with Gasteiger partial charge in [0.05, 0.1) is 12.7 Å². The number of hydrogen-bond acceptors (Lipinski definition) is 11. The normalized spacial score (nSPS) is 16.9. The van der Waals surface area contributed by atoms with Crippen LogP contribution in [0, 0.1) is 0 Å². The lowest BCUT2D eigenvalue weighted by molar-refractivity contribution is -0.0140. The van der Waals surface area contributed by atoms with Gasteiger partial charge < -0.3 is 23.6 Å². The van der Waals surface area contributed by atoms with Crippen LogP contribution in [0.5, 0.6) is 0 Å². The van der Waals surface area contributed by atoms with Gasteiger partial charge in [-0.05, 0) is 60.1 Å². The quantitative estimate of drug-likeness (QED) is 0.0836. The van der Waals surface area contributed by atoms with E-state index in [9.17, 15) is 14.2 Å². The molecule has 1 amide bonds. The Balaban J connectivity index is 1.87. The molecular formula is C27H44N3O8PS. The molecule has 0 N–H and O–H groups in total. The van der Waals surface area contributed by atoms with Crippen molar-refractivity contribution in [3.63, 3.8) is 0 Å². The van der Waals surface area contributed by atoms with E-state index in [1.165, 1.54) is 0 Å². The highest BCUT2D eigenvalue weighted by atomic mass is 32.2. The second-order valence-electron chi connectivity index (χ2n) is 10.4. The highest BCUT2D eigenvalue weighted by Gasteiger charge is 2.30. The first kappa shape index (κ1) is 34.3. The van der Waals surface area contributed by atoms with Crippen LogP contribution in [-0.2, 0) is 27.8 Å². The topological polar surface area (TPSA) is 116 Å². The first-order chi connectivity index (χ1) is 18.9. The van der Waals surface area contributed by atoms with Gasteiger partial charge >= 0.3 is 19.8 Å². The van der Waals surface area contributed by atoms with Crippen molar-refractivity contribution < 1.29 is 37.4 Å². The predicted octanol–water partition coefficient (Wildman–Crippen LogP) is 5.89. The standard InChI is InChI=1S/C27H44N3O8PS/c1-7-35-39(33,36-21-34-26(32)37-22(2)3)20-30-17-15-29(16-18-30)14-13-23(28-25(31)38-27(4,5)6)19-40-24-11-9-8-10-12-24/h8-12,22H,7,13-21H2,1-6H3/b28-23+.